The molecule has 0 saturated heterocycles. The predicted molar refractivity (Wildman–Crippen MR) is 130 cm³/mol. The predicted octanol–water partition coefficient (Wildman–Crippen LogP) is 5.36. The van der Waals surface area contributed by atoms with Gasteiger partial charge in [-0.3, -0.25) is 19.8 Å². The summed E-state index contributed by atoms with van der Waals surface area (Å²) in [5.41, 5.74) is 1.59. The highest BCUT2D eigenvalue weighted by Crippen LogP contribution is 2.31. The van der Waals surface area contributed by atoms with Crippen molar-refractivity contribution in [3.8, 4) is 0 Å². The van der Waals surface area contributed by atoms with E-state index in [0.29, 0.717) is 11.7 Å². The third-order valence-corrected chi connectivity index (χ3v) is 6.43. The number of amides is 1. The standard InChI is InChI=1S/C22H23BrN4O3S/c1-3-25(4-2)13-14-26(22-24-19-11-8-17(23)15-20(19)31-22)21(28)12-7-16-5-9-18(10-6-16)27(29)30/h5-12,15H,3-4,13-14H2,1-2H3/b12-7-. The van der Waals surface area contributed by atoms with Crippen LogP contribution in [-0.4, -0.2) is 46.9 Å². The number of nitrogens with zero attached hydrogens (tertiary/aromatic N) is 4. The van der Waals surface area contributed by atoms with E-state index in [2.05, 4.69) is 39.7 Å². The van der Waals surface area contributed by atoms with Crippen molar-refractivity contribution >= 4 is 60.3 Å². The van der Waals surface area contributed by atoms with E-state index in [0.717, 1.165) is 39.9 Å². The first kappa shape index (κ1) is 23.1. The van der Waals surface area contributed by atoms with Gasteiger partial charge in [0.2, 0.25) is 0 Å². The first-order chi connectivity index (χ1) is 14.9. The molecule has 0 N–H and O–H groups in total. The normalized spacial score (nSPS) is 11.5. The Morgan fingerprint density at radius 2 is 1.87 bits per heavy atom. The van der Waals surface area contributed by atoms with Crippen molar-refractivity contribution in [2.75, 3.05) is 31.1 Å². The molecule has 0 aliphatic heterocycles. The summed E-state index contributed by atoms with van der Waals surface area (Å²) in [5.74, 6) is -0.177. The molecule has 0 atom stereocenters. The number of benzene rings is 2. The van der Waals surface area contributed by atoms with Crippen LogP contribution in [0.25, 0.3) is 16.3 Å². The third-order valence-electron chi connectivity index (χ3n) is 4.89. The number of carbonyl (C=O) groups excluding carboxylic acids is 1. The Labute approximate surface area is 193 Å². The second-order valence-corrected chi connectivity index (χ2v) is 8.73. The number of non-ortho nitro benzene ring substituents is 1. The lowest BCUT2D eigenvalue weighted by atomic mass is 10.2. The largest absolute Gasteiger partial charge is 0.302 e. The van der Waals surface area contributed by atoms with Gasteiger partial charge in [-0.2, -0.15) is 0 Å². The summed E-state index contributed by atoms with van der Waals surface area (Å²) in [6, 6.07) is 12.0. The number of nitro benzene ring substituents is 1. The van der Waals surface area contributed by atoms with Gasteiger partial charge >= 0.3 is 0 Å². The lowest BCUT2D eigenvalue weighted by Crippen LogP contribution is -2.38. The molecule has 0 aliphatic rings. The van der Waals surface area contributed by atoms with E-state index in [1.54, 1.807) is 23.1 Å². The van der Waals surface area contributed by atoms with Crippen LogP contribution < -0.4 is 4.90 Å². The number of aromatic nitrogens is 1. The summed E-state index contributed by atoms with van der Waals surface area (Å²) in [7, 11) is 0. The Hall–Kier alpha value is -2.62. The number of hydrogen-bond acceptors (Lipinski definition) is 6. The molecule has 3 aromatic rings. The molecule has 9 heteroatoms. The van der Waals surface area contributed by atoms with Crippen LogP contribution in [0, 0.1) is 10.1 Å². The first-order valence-electron chi connectivity index (χ1n) is 9.93. The monoisotopic (exact) mass is 502 g/mol. The zero-order valence-electron chi connectivity index (χ0n) is 17.3. The fourth-order valence-corrected chi connectivity index (χ4v) is 4.60. The summed E-state index contributed by atoms with van der Waals surface area (Å²) in [6.07, 6.45) is 3.16. The van der Waals surface area contributed by atoms with Crippen LogP contribution >= 0.6 is 27.3 Å². The van der Waals surface area contributed by atoms with Gasteiger partial charge in [-0.15, -0.1) is 0 Å². The van der Waals surface area contributed by atoms with Crippen molar-refractivity contribution in [2.45, 2.75) is 13.8 Å². The average molecular weight is 503 g/mol. The number of rotatable bonds is 9. The van der Waals surface area contributed by atoms with Gasteiger partial charge in [-0.1, -0.05) is 41.1 Å². The topological polar surface area (TPSA) is 79.6 Å². The Bertz CT molecular complexity index is 1090. The van der Waals surface area contributed by atoms with E-state index in [1.807, 2.05) is 18.2 Å². The maximum absolute atomic E-state index is 13.1. The number of nitro groups is 1. The molecule has 7 nitrogen and oxygen atoms in total. The summed E-state index contributed by atoms with van der Waals surface area (Å²) in [4.78, 5) is 32.1. The summed E-state index contributed by atoms with van der Waals surface area (Å²) >= 11 is 4.96. The zero-order chi connectivity index (χ0) is 22.4. The lowest BCUT2D eigenvalue weighted by Gasteiger charge is -2.23. The molecule has 1 heterocycles. The van der Waals surface area contributed by atoms with Crippen molar-refractivity contribution in [2.24, 2.45) is 0 Å². The number of likely N-dealkylation sites (N-methyl/N-ethyl adjacent to an activating group) is 1. The Balaban J connectivity index is 1.84. The molecule has 0 fully saturated rings. The fourth-order valence-electron chi connectivity index (χ4n) is 3.05. The van der Waals surface area contributed by atoms with Gasteiger partial charge in [0, 0.05) is 35.8 Å². The molecule has 2 aromatic carbocycles. The summed E-state index contributed by atoms with van der Waals surface area (Å²) in [6.45, 7) is 7.27. The summed E-state index contributed by atoms with van der Waals surface area (Å²) in [5, 5.41) is 11.5. The number of fused-ring (bicyclic) bond motifs is 1. The molecule has 1 amide bonds. The average Bonchev–Trinajstić information content (AvgIpc) is 3.18. The van der Waals surface area contributed by atoms with E-state index in [-0.39, 0.29) is 11.6 Å². The van der Waals surface area contributed by atoms with Crippen LogP contribution in [-0.2, 0) is 4.79 Å². The van der Waals surface area contributed by atoms with Crippen LogP contribution in [0.4, 0.5) is 10.8 Å². The first-order valence-corrected chi connectivity index (χ1v) is 11.5. The molecular formula is C22H23BrN4O3S. The molecule has 162 valence electrons. The van der Waals surface area contributed by atoms with Gasteiger partial charge in [-0.25, -0.2) is 4.98 Å². The Morgan fingerprint density at radius 1 is 1.16 bits per heavy atom. The van der Waals surface area contributed by atoms with E-state index >= 15 is 0 Å². The number of halogens is 1. The second-order valence-electron chi connectivity index (χ2n) is 6.81. The second kappa shape index (κ2) is 10.6. The quantitative estimate of drug-likeness (QED) is 0.223. The van der Waals surface area contributed by atoms with Crippen LogP contribution in [0.15, 0.2) is 53.0 Å². The molecule has 0 aliphatic carbocycles. The highest BCUT2D eigenvalue weighted by molar-refractivity contribution is 9.10. The Morgan fingerprint density at radius 3 is 2.52 bits per heavy atom. The minimum absolute atomic E-state index is 0.0185. The Kier molecular flexibility index (Phi) is 7.89. The maximum atomic E-state index is 13.1. The lowest BCUT2D eigenvalue weighted by molar-refractivity contribution is -0.384. The van der Waals surface area contributed by atoms with Crippen LogP contribution in [0.2, 0.25) is 0 Å². The minimum atomic E-state index is -0.445. The van der Waals surface area contributed by atoms with Gasteiger partial charge in [0.05, 0.1) is 15.1 Å². The molecule has 0 saturated carbocycles. The van der Waals surface area contributed by atoms with Crippen molar-refractivity contribution in [1.82, 2.24) is 9.88 Å². The number of anilines is 1. The molecule has 0 radical (unpaired) electrons. The zero-order valence-corrected chi connectivity index (χ0v) is 19.7. The van der Waals surface area contributed by atoms with E-state index in [9.17, 15) is 14.9 Å². The maximum Gasteiger partial charge on any atom is 0.269 e. The molecule has 0 spiro atoms. The van der Waals surface area contributed by atoms with Crippen LogP contribution in [0.5, 0.6) is 0 Å². The van der Waals surface area contributed by atoms with E-state index in [1.165, 1.54) is 29.5 Å². The number of carbonyl (C=O) groups is 1. The molecule has 3 rings (SSSR count). The van der Waals surface area contributed by atoms with Crippen LogP contribution in [0.1, 0.15) is 19.4 Å². The third kappa shape index (κ3) is 5.96. The summed E-state index contributed by atoms with van der Waals surface area (Å²) < 4.78 is 1.97. The number of thiazole rings is 1. The van der Waals surface area contributed by atoms with Crippen LogP contribution in [0.3, 0.4) is 0 Å². The SMILES string of the molecule is CCN(CC)CCN(C(=O)/C=C\c1ccc([N+](=O)[O-])cc1)c1nc2ccc(Br)cc2s1. The van der Waals surface area contributed by atoms with Gasteiger partial charge < -0.3 is 4.90 Å². The molecule has 1 aromatic heterocycles. The highest BCUT2D eigenvalue weighted by Gasteiger charge is 2.19. The van der Waals surface area contributed by atoms with Gasteiger partial charge in [0.1, 0.15) is 0 Å². The van der Waals surface area contributed by atoms with Gasteiger partial charge in [0.25, 0.3) is 11.6 Å². The van der Waals surface area contributed by atoms with Gasteiger partial charge in [-0.05, 0) is 55.1 Å². The highest BCUT2D eigenvalue weighted by atomic mass is 79.9. The van der Waals surface area contributed by atoms with E-state index < -0.39 is 4.92 Å². The fraction of sp³-hybridized carbons (Fsp3) is 0.273. The van der Waals surface area contributed by atoms with E-state index in [4.69, 9.17) is 0 Å². The smallest absolute Gasteiger partial charge is 0.269 e. The number of hydrogen-bond donors (Lipinski definition) is 0. The van der Waals surface area contributed by atoms with Crippen molar-refractivity contribution in [1.29, 1.82) is 0 Å². The molecule has 0 unspecified atom stereocenters. The molecule has 31 heavy (non-hydrogen) atoms. The van der Waals surface area contributed by atoms with Crippen molar-refractivity contribution in [3.63, 3.8) is 0 Å². The van der Waals surface area contributed by atoms with Gasteiger partial charge in [0.15, 0.2) is 5.13 Å². The molecule has 0 bridgehead atoms. The minimum Gasteiger partial charge on any atom is -0.302 e. The van der Waals surface area contributed by atoms with Crippen molar-refractivity contribution < 1.29 is 9.72 Å². The molecular weight excluding hydrogens is 480 g/mol. The van der Waals surface area contributed by atoms with Crippen molar-refractivity contribution in [3.05, 3.63) is 68.7 Å².